The molecule has 0 aromatic heterocycles. The second kappa shape index (κ2) is 12.0. The molecule has 178 valence electrons. The van der Waals surface area contributed by atoms with Crippen LogP contribution in [-0.4, -0.2) is 23.6 Å². The molecular weight excluding hydrogens is 457 g/mol. The maximum absolute atomic E-state index is 12.7. The summed E-state index contributed by atoms with van der Waals surface area (Å²) in [6.07, 6.45) is -0.921. The van der Waals surface area contributed by atoms with Gasteiger partial charge in [-0.05, 0) is 36.2 Å². The van der Waals surface area contributed by atoms with Gasteiger partial charge in [0.2, 0.25) is 0 Å². The molecule has 1 unspecified atom stereocenters. The zero-order chi connectivity index (χ0) is 24.4. The molecule has 0 spiro atoms. The molecule has 9 heteroatoms. The number of rotatable bonds is 10. The van der Waals surface area contributed by atoms with Gasteiger partial charge in [0, 0.05) is 11.3 Å². The second-order valence-electron chi connectivity index (χ2n) is 7.36. The molecule has 2 N–H and O–H groups in total. The van der Waals surface area contributed by atoms with Crippen molar-refractivity contribution in [3.63, 3.8) is 0 Å². The van der Waals surface area contributed by atoms with Crippen LogP contribution in [-0.2, 0) is 38.0 Å². The molecule has 0 fully saturated rings. The van der Waals surface area contributed by atoms with E-state index in [2.05, 4.69) is 5.32 Å². The van der Waals surface area contributed by atoms with Crippen LogP contribution >= 0.6 is 7.60 Å². The third-order valence-corrected chi connectivity index (χ3v) is 5.90. The van der Waals surface area contributed by atoms with Crippen molar-refractivity contribution in [1.82, 2.24) is 0 Å². The maximum atomic E-state index is 12.7. The largest absolute Gasteiger partial charge is 0.466 e. The molecule has 0 saturated carbocycles. The number of nitrogens with one attached hydrogen (secondary N) is 1. The summed E-state index contributed by atoms with van der Waals surface area (Å²) in [6, 6.07) is 22.3. The van der Waals surface area contributed by atoms with Crippen LogP contribution in [0.5, 0.6) is 5.75 Å². The number of hydrogen-bond donors (Lipinski definition) is 2. The number of anilines is 1. The predicted octanol–water partition coefficient (Wildman–Crippen LogP) is 5.31. The fourth-order valence-corrected chi connectivity index (χ4v) is 4.32. The Balaban J connectivity index is 1.56. The molecule has 0 aliphatic rings. The Morgan fingerprint density at radius 1 is 0.882 bits per heavy atom. The van der Waals surface area contributed by atoms with Crippen molar-refractivity contribution in [2.24, 2.45) is 0 Å². The van der Waals surface area contributed by atoms with Crippen molar-refractivity contribution < 1.29 is 33.0 Å². The van der Waals surface area contributed by atoms with E-state index in [4.69, 9.17) is 14.0 Å². The van der Waals surface area contributed by atoms with Gasteiger partial charge in [0.05, 0.1) is 19.2 Å². The van der Waals surface area contributed by atoms with Gasteiger partial charge in [-0.15, -0.1) is 0 Å². The van der Waals surface area contributed by atoms with E-state index in [0.29, 0.717) is 16.8 Å². The summed E-state index contributed by atoms with van der Waals surface area (Å²) in [7, 11) is -4.07. The number of carbonyl (C=O) groups excluding carboxylic acids is 2. The molecule has 1 atom stereocenters. The average molecular weight is 483 g/mol. The lowest BCUT2D eigenvalue weighted by molar-refractivity contribution is -0.142. The fourth-order valence-electron chi connectivity index (χ4n) is 3.09. The van der Waals surface area contributed by atoms with Crippen molar-refractivity contribution in [1.29, 1.82) is 0 Å². The number of benzene rings is 3. The summed E-state index contributed by atoms with van der Waals surface area (Å²) in [5.41, 5.74) is 2.35. The minimum atomic E-state index is -4.07. The summed E-state index contributed by atoms with van der Waals surface area (Å²) in [6.45, 7) is 2.10. The highest BCUT2D eigenvalue weighted by molar-refractivity contribution is 7.52. The van der Waals surface area contributed by atoms with Crippen LogP contribution in [0.4, 0.5) is 10.5 Å². The monoisotopic (exact) mass is 483 g/mol. The minimum Gasteiger partial charge on any atom is -0.466 e. The highest BCUT2D eigenvalue weighted by Crippen LogP contribution is 2.47. The van der Waals surface area contributed by atoms with E-state index >= 15 is 0 Å². The lowest BCUT2D eigenvalue weighted by atomic mass is 10.1. The SMILES string of the molecule is CCOC(=O)Cc1ccccc1OP(=O)(O)Cc1ccc(NC(=O)OCc2ccccc2)cc1. The zero-order valence-electron chi connectivity index (χ0n) is 18.7. The predicted molar refractivity (Wildman–Crippen MR) is 128 cm³/mol. The first kappa shape index (κ1) is 25.0. The van der Waals surface area contributed by atoms with E-state index in [1.54, 1.807) is 49.4 Å². The van der Waals surface area contributed by atoms with Crippen LogP contribution in [0.25, 0.3) is 0 Å². The number of ether oxygens (including phenoxy) is 2. The smallest absolute Gasteiger partial charge is 0.411 e. The molecule has 0 bridgehead atoms. The molecule has 0 aliphatic heterocycles. The van der Waals surface area contributed by atoms with Crippen LogP contribution in [0.15, 0.2) is 78.9 Å². The molecule has 34 heavy (non-hydrogen) atoms. The van der Waals surface area contributed by atoms with Crippen molar-refractivity contribution >= 4 is 25.3 Å². The lowest BCUT2D eigenvalue weighted by Crippen LogP contribution is -2.13. The molecule has 0 aliphatic carbocycles. The molecular formula is C25H26NO7P. The van der Waals surface area contributed by atoms with Crippen molar-refractivity contribution in [3.8, 4) is 5.75 Å². The van der Waals surface area contributed by atoms with Gasteiger partial charge in [0.1, 0.15) is 12.4 Å². The topological polar surface area (TPSA) is 111 Å². The van der Waals surface area contributed by atoms with Gasteiger partial charge < -0.3 is 18.9 Å². The molecule has 3 aromatic rings. The van der Waals surface area contributed by atoms with Crippen LogP contribution in [0.2, 0.25) is 0 Å². The Morgan fingerprint density at radius 3 is 2.26 bits per heavy atom. The fraction of sp³-hybridized carbons (Fsp3) is 0.200. The standard InChI is InChI=1S/C25H26NO7P/c1-2-31-24(27)16-21-10-6-7-11-23(21)33-34(29,30)18-20-12-14-22(15-13-20)26-25(28)32-17-19-8-4-3-5-9-19/h3-15H,2,16-18H2,1H3,(H,26,28)(H,29,30). The van der Waals surface area contributed by atoms with E-state index in [1.807, 2.05) is 30.3 Å². The van der Waals surface area contributed by atoms with Crippen LogP contribution in [0.3, 0.4) is 0 Å². The van der Waals surface area contributed by atoms with E-state index in [9.17, 15) is 19.0 Å². The quantitative estimate of drug-likeness (QED) is 0.297. The van der Waals surface area contributed by atoms with Gasteiger partial charge in [-0.1, -0.05) is 60.7 Å². The maximum Gasteiger partial charge on any atom is 0.411 e. The Hall–Kier alpha value is -3.61. The first-order chi connectivity index (χ1) is 16.3. The van der Waals surface area contributed by atoms with E-state index in [-0.39, 0.29) is 31.5 Å². The third kappa shape index (κ3) is 8.06. The second-order valence-corrected chi connectivity index (χ2v) is 9.13. The van der Waals surface area contributed by atoms with Gasteiger partial charge in [-0.2, -0.15) is 0 Å². The number of esters is 1. The lowest BCUT2D eigenvalue weighted by Gasteiger charge is -2.16. The van der Waals surface area contributed by atoms with Gasteiger partial charge in [-0.25, -0.2) is 9.36 Å². The number of carbonyl (C=O) groups is 2. The first-order valence-corrected chi connectivity index (χ1v) is 12.4. The molecule has 8 nitrogen and oxygen atoms in total. The highest BCUT2D eigenvalue weighted by atomic mass is 31.2. The molecule has 1 amide bonds. The Kier molecular flexibility index (Phi) is 8.85. The summed E-state index contributed by atoms with van der Waals surface area (Å²) >= 11 is 0. The van der Waals surface area contributed by atoms with Crippen molar-refractivity contribution in [2.75, 3.05) is 11.9 Å². The Bertz CT molecular complexity index is 1150. The Morgan fingerprint density at radius 2 is 1.56 bits per heavy atom. The average Bonchev–Trinajstić information content (AvgIpc) is 2.81. The normalized spacial score (nSPS) is 12.3. The summed E-state index contributed by atoms with van der Waals surface area (Å²) in [4.78, 5) is 34.2. The molecule has 0 heterocycles. The summed E-state index contributed by atoms with van der Waals surface area (Å²) < 4.78 is 28.2. The summed E-state index contributed by atoms with van der Waals surface area (Å²) in [5.74, 6) is -0.294. The minimum absolute atomic E-state index is 0.0647. The molecule has 3 rings (SSSR count). The summed E-state index contributed by atoms with van der Waals surface area (Å²) in [5, 5.41) is 2.61. The Labute approximate surface area is 198 Å². The van der Waals surface area contributed by atoms with Gasteiger partial charge in [-0.3, -0.25) is 10.1 Å². The number of hydrogen-bond acceptors (Lipinski definition) is 6. The van der Waals surface area contributed by atoms with Crippen LogP contribution in [0, 0.1) is 0 Å². The molecule has 3 aromatic carbocycles. The zero-order valence-corrected chi connectivity index (χ0v) is 19.6. The van der Waals surface area contributed by atoms with E-state index in [1.165, 1.54) is 6.07 Å². The third-order valence-electron chi connectivity index (χ3n) is 4.65. The van der Waals surface area contributed by atoms with Gasteiger partial charge in [0.15, 0.2) is 0 Å². The van der Waals surface area contributed by atoms with Gasteiger partial charge >= 0.3 is 19.7 Å². The van der Waals surface area contributed by atoms with Crippen LogP contribution < -0.4 is 9.84 Å². The van der Waals surface area contributed by atoms with Crippen molar-refractivity contribution in [2.45, 2.75) is 26.1 Å². The molecule has 0 radical (unpaired) electrons. The molecule has 0 saturated heterocycles. The highest BCUT2D eigenvalue weighted by Gasteiger charge is 2.24. The number of amides is 1. The van der Waals surface area contributed by atoms with E-state index in [0.717, 1.165) is 5.56 Å². The van der Waals surface area contributed by atoms with Crippen LogP contribution in [0.1, 0.15) is 23.6 Å². The van der Waals surface area contributed by atoms with Gasteiger partial charge in [0.25, 0.3) is 0 Å². The van der Waals surface area contributed by atoms with E-state index < -0.39 is 19.7 Å². The first-order valence-electron chi connectivity index (χ1n) is 10.7. The van der Waals surface area contributed by atoms with Crippen molar-refractivity contribution in [3.05, 3.63) is 95.6 Å². The number of para-hydroxylation sites is 1.